The zero-order valence-electron chi connectivity index (χ0n) is 7.75. The summed E-state index contributed by atoms with van der Waals surface area (Å²) < 4.78 is 4.93. The smallest absolute Gasteiger partial charge is 0.293 e. The molecule has 1 heterocycles. The number of piperidine rings is 1. The Kier molecular flexibility index (Phi) is 3.53. The highest BCUT2D eigenvalue weighted by Gasteiger charge is 2.26. The zero-order chi connectivity index (χ0) is 8.97. The quantitative estimate of drug-likeness (QED) is 0.638. The first kappa shape index (κ1) is 9.52. The summed E-state index contributed by atoms with van der Waals surface area (Å²) in [6, 6.07) is 0. The molecule has 1 N–H and O–H groups in total. The maximum atomic E-state index is 10.1. The van der Waals surface area contributed by atoms with Crippen molar-refractivity contribution >= 4 is 6.47 Å². The Labute approximate surface area is 73.5 Å². The summed E-state index contributed by atoms with van der Waals surface area (Å²) in [5, 5.41) is 3.31. The van der Waals surface area contributed by atoms with E-state index in [1.807, 2.05) is 6.92 Å². The molecule has 0 aromatic rings. The van der Waals surface area contributed by atoms with Gasteiger partial charge in [-0.1, -0.05) is 6.92 Å². The SMILES string of the molecule is CC1CCNCC1C(C)OC=O. The van der Waals surface area contributed by atoms with Gasteiger partial charge in [-0.25, -0.2) is 0 Å². The number of nitrogens with one attached hydrogen (secondary N) is 1. The summed E-state index contributed by atoms with van der Waals surface area (Å²) in [7, 11) is 0. The molecule has 3 atom stereocenters. The lowest BCUT2D eigenvalue weighted by Crippen LogP contribution is -2.41. The minimum Gasteiger partial charge on any atom is -0.465 e. The third-order valence-electron chi connectivity index (χ3n) is 2.76. The van der Waals surface area contributed by atoms with Gasteiger partial charge in [0.2, 0.25) is 0 Å². The van der Waals surface area contributed by atoms with Gasteiger partial charge < -0.3 is 10.1 Å². The van der Waals surface area contributed by atoms with E-state index >= 15 is 0 Å². The number of hydrogen-bond donors (Lipinski definition) is 1. The Balaban J connectivity index is 2.41. The number of ether oxygens (including phenoxy) is 1. The molecule has 0 radical (unpaired) electrons. The minimum atomic E-state index is 0.0466. The van der Waals surface area contributed by atoms with Crippen molar-refractivity contribution < 1.29 is 9.53 Å². The first-order valence-corrected chi connectivity index (χ1v) is 4.55. The van der Waals surface area contributed by atoms with Gasteiger partial charge in [0.1, 0.15) is 6.10 Å². The highest BCUT2D eigenvalue weighted by Crippen LogP contribution is 2.22. The zero-order valence-corrected chi connectivity index (χ0v) is 7.75. The number of hydrogen-bond acceptors (Lipinski definition) is 3. The molecule has 0 aromatic heterocycles. The van der Waals surface area contributed by atoms with E-state index in [4.69, 9.17) is 4.74 Å². The van der Waals surface area contributed by atoms with Crippen LogP contribution in [0.1, 0.15) is 20.3 Å². The Morgan fingerprint density at radius 3 is 3.00 bits per heavy atom. The fraction of sp³-hybridized carbons (Fsp3) is 0.889. The van der Waals surface area contributed by atoms with Crippen LogP contribution in [0.25, 0.3) is 0 Å². The monoisotopic (exact) mass is 171 g/mol. The van der Waals surface area contributed by atoms with Gasteiger partial charge in [0.05, 0.1) is 0 Å². The molecule has 1 aliphatic heterocycles. The third kappa shape index (κ3) is 2.21. The normalized spacial score (nSPS) is 32.5. The Morgan fingerprint density at radius 2 is 2.42 bits per heavy atom. The average molecular weight is 171 g/mol. The summed E-state index contributed by atoms with van der Waals surface area (Å²) in [6.07, 6.45) is 1.22. The molecule has 1 rings (SSSR count). The van der Waals surface area contributed by atoms with Crippen molar-refractivity contribution in [2.45, 2.75) is 26.4 Å². The lowest BCUT2D eigenvalue weighted by molar-refractivity contribution is -0.136. The van der Waals surface area contributed by atoms with Gasteiger partial charge >= 0.3 is 0 Å². The van der Waals surface area contributed by atoms with E-state index in [-0.39, 0.29) is 6.10 Å². The van der Waals surface area contributed by atoms with Crippen LogP contribution in [0.4, 0.5) is 0 Å². The van der Waals surface area contributed by atoms with Gasteiger partial charge in [0, 0.05) is 12.5 Å². The van der Waals surface area contributed by atoms with E-state index in [1.165, 1.54) is 6.42 Å². The highest BCUT2D eigenvalue weighted by atomic mass is 16.5. The largest absolute Gasteiger partial charge is 0.465 e. The topological polar surface area (TPSA) is 38.3 Å². The molecule has 0 saturated carbocycles. The van der Waals surface area contributed by atoms with E-state index < -0.39 is 0 Å². The molecule has 1 saturated heterocycles. The standard InChI is InChI=1S/C9H17NO2/c1-7-3-4-10-5-9(7)8(2)12-6-11/h6-10H,3-5H2,1-2H3. The molecule has 0 bridgehead atoms. The van der Waals surface area contributed by atoms with Gasteiger partial charge in [0.25, 0.3) is 6.47 Å². The summed E-state index contributed by atoms with van der Waals surface area (Å²) in [5.41, 5.74) is 0. The van der Waals surface area contributed by atoms with Crippen molar-refractivity contribution in [3.63, 3.8) is 0 Å². The van der Waals surface area contributed by atoms with Crippen LogP contribution in [0.3, 0.4) is 0 Å². The summed E-state index contributed by atoms with van der Waals surface area (Å²) in [6.45, 7) is 6.78. The van der Waals surface area contributed by atoms with Crippen molar-refractivity contribution in [1.82, 2.24) is 5.32 Å². The predicted molar refractivity (Wildman–Crippen MR) is 46.8 cm³/mol. The number of carbonyl (C=O) groups excluding carboxylic acids is 1. The van der Waals surface area contributed by atoms with Gasteiger partial charge in [0.15, 0.2) is 0 Å². The minimum absolute atomic E-state index is 0.0466. The van der Waals surface area contributed by atoms with Crippen molar-refractivity contribution in [2.75, 3.05) is 13.1 Å². The molecule has 0 aromatic carbocycles. The van der Waals surface area contributed by atoms with Crippen molar-refractivity contribution in [3.05, 3.63) is 0 Å². The maximum absolute atomic E-state index is 10.1. The number of rotatable bonds is 3. The van der Waals surface area contributed by atoms with Crippen LogP contribution < -0.4 is 5.32 Å². The van der Waals surface area contributed by atoms with E-state index in [0.717, 1.165) is 13.1 Å². The van der Waals surface area contributed by atoms with Gasteiger partial charge in [-0.15, -0.1) is 0 Å². The lowest BCUT2D eigenvalue weighted by atomic mass is 9.84. The van der Waals surface area contributed by atoms with E-state index in [1.54, 1.807) is 0 Å². The molecule has 3 nitrogen and oxygen atoms in total. The first-order chi connectivity index (χ1) is 5.75. The van der Waals surface area contributed by atoms with Crippen LogP contribution >= 0.6 is 0 Å². The molecule has 3 unspecified atom stereocenters. The maximum Gasteiger partial charge on any atom is 0.293 e. The second kappa shape index (κ2) is 4.45. The van der Waals surface area contributed by atoms with Gasteiger partial charge in [-0.3, -0.25) is 4.79 Å². The van der Waals surface area contributed by atoms with Crippen molar-refractivity contribution in [1.29, 1.82) is 0 Å². The molecule has 0 aliphatic carbocycles. The summed E-state index contributed by atoms with van der Waals surface area (Å²) >= 11 is 0. The first-order valence-electron chi connectivity index (χ1n) is 4.55. The van der Waals surface area contributed by atoms with Crippen LogP contribution in [0.15, 0.2) is 0 Å². The fourth-order valence-electron chi connectivity index (χ4n) is 1.83. The second-order valence-corrected chi connectivity index (χ2v) is 3.57. The lowest BCUT2D eigenvalue weighted by Gasteiger charge is -2.32. The Hall–Kier alpha value is -0.570. The van der Waals surface area contributed by atoms with Gasteiger partial charge in [-0.2, -0.15) is 0 Å². The summed E-state index contributed by atoms with van der Waals surface area (Å²) in [4.78, 5) is 10.1. The molecular formula is C9H17NO2. The number of carbonyl (C=O) groups is 1. The molecule has 0 spiro atoms. The molecule has 70 valence electrons. The van der Waals surface area contributed by atoms with Crippen molar-refractivity contribution in [3.8, 4) is 0 Å². The molecule has 0 amide bonds. The van der Waals surface area contributed by atoms with Crippen LogP contribution in [0, 0.1) is 11.8 Å². The Bertz CT molecular complexity index is 149. The Morgan fingerprint density at radius 1 is 1.67 bits per heavy atom. The van der Waals surface area contributed by atoms with Crippen molar-refractivity contribution in [2.24, 2.45) is 11.8 Å². The van der Waals surface area contributed by atoms with Crippen LogP contribution in [-0.4, -0.2) is 25.7 Å². The second-order valence-electron chi connectivity index (χ2n) is 3.57. The van der Waals surface area contributed by atoms with Crippen LogP contribution in [0.2, 0.25) is 0 Å². The predicted octanol–water partition coefficient (Wildman–Crippen LogP) is 0.793. The average Bonchev–Trinajstić information content (AvgIpc) is 2.05. The van der Waals surface area contributed by atoms with Gasteiger partial charge in [-0.05, 0) is 25.8 Å². The van der Waals surface area contributed by atoms with E-state index in [2.05, 4.69) is 12.2 Å². The molecule has 12 heavy (non-hydrogen) atoms. The fourth-order valence-corrected chi connectivity index (χ4v) is 1.83. The molecular weight excluding hydrogens is 154 g/mol. The molecule has 3 heteroatoms. The molecule has 1 fully saturated rings. The molecule has 1 aliphatic rings. The van der Waals surface area contributed by atoms with E-state index in [9.17, 15) is 4.79 Å². The summed E-state index contributed by atoms with van der Waals surface area (Å²) in [5.74, 6) is 1.13. The van der Waals surface area contributed by atoms with Crippen LogP contribution in [0.5, 0.6) is 0 Å². The van der Waals surface area contributed by atoms with Crippen LogP contribution in [-0.2, 0) is 9.53 Å². The highest BCUT2D eigenvalue weighted by molar-refractivity contribution is 5.37. The third-order valence-corrected chi connectivity index (χ3v) is 2.76. The van der Waals surface area contributed by atoms with E-state index in [0.29, 0.717) is 18.3 Å².